The van der Waals surface area contributed by atoms with E-state index < -0.39 is 41.9 Å². The minimum absolute atomic E-state index is 0.0703. The van der Waals surface area contributed by atoms with Crippen molar-refractivity contribution in [3.8, 4) is 0 Å². The summed E-state index contributed by atoms with van der Waals surface area (Å²) in [4.78, 5) is 25.6. The van der Waals surface area contributed by atoms with E-state index in [0.29, 0.717) is 0 Å². The first kappa shape index (κ1) is 16.7. The van der Waals surface area contributed by atoms with Crippen LogP contribution in [0.2, 0.25) is 0 Å². The lowest BCUT2D eigenvalue weighted by Crippen LogP contribution is -2.59. The van der Waals surface area contributed by atoms with Crippen molar-refractivity contribution >= 4 is 23.5 Å². The van der Waals surface area contributed by atoms with Crippen LogP contribution in [0.15, 0.2) is 0 Å². The van der Waals surface area contributed by atoms with Crippen molar-refractivity contribution in [3.05, 3.63) is 11.4 Å². The van der Waals surface area contributed by atoms with Crippen molar-refractivity contribution in [3.63, 3.8) is 0 Å². The fourth-order valence-corrected chi connectivity index (χ4v) is 2.31. The highest BCUT2D eigenvalue weighted by Gasteiger charge is 2.50. The van der Waals surface area contributed by atoms with Gasteiger partial charge in [0.2, 0.25) is 6.54 Å². The van der Waals surface area contributed by atoms with Crippen LogP contribution in [0.5, 0.6) is 0 Å². The van der Waals surface area contributed by atoms with Crippen molar-refractivity contribution < 1.29 is 28.5 Å². The number of carbonyl (C=O) groups is 2. The fourth-order valence-electron chi connectivity index (χ4n) is 1.95. The number of carbonyl (C=O) groups excluding carboxylic acids is 2. The second kappa shape index (κ2) is 7.43. The lowest BCUT2D eigenvalue weighted by Gasteiger charge is -2.40. The van der Waals surface area contributed by atoms with Crippen LogP contribution in [-0.4, -0.2) is 55.6 Å². The van der Waals surface area contributed by atoms with Gasteiger partial charge >= 0.3 is 11.9 Å². The second-order valence-corrected chi connectivity index (χ2v) is 4.72. The molecule has 20 heavy (non-hydrogen) atoms. The number of hydrogen-bond acceptors (Lipinski definition) is 6. The van der Waals surface area contributed by atoms with Crippen molar-refractivity contribution in [1.29, 1.82) is 0 Å². The predicted molar refractivity (Wildman–Crippen MR) is 67.9 cm³/mol. The number of nitrogens with zero attached hydrogens (tertiary/aromatic N) is 1. The van der Waals surface area contributed by atoms with E-state index >= 15 is 0 Å². The molecule has 0 N–H and O–H groups in total. The zero-order valence-electron chi connectivity index (χ0n) is 11.4. The van der Waals surface area contributed by atoms with E-state index in [4.69, 9.17) is 37.1 Å². The molecule has 112 valence electrons. The summed E-state index contributed by atoms with van der Waals surface area (Å²) in [5.41, 5.74) is 0. The van der Waals surface area contributed by atoms with Crippen LogP contribution in [0.25, 0.3) is 4.85 Å². The average molecular weight is 306 g/mol. The molecule has 1 fully saturated rings. The van der Waals surface area contributed by atoms with Crippen LogP contribution < -0.4 is 0 Å². The summed E-state index contributed by atoms with van der Waals surface area (Å²) in [7, 11) is 1.38. The van der Waals surface area contributed by atoms with Crippen molar-refractivity contribution in [2.24, 2.45) is 0 Å². The Labute approximate surface area is 121 Å². The van der Waals surface area contributed by atoms with E-state index in [2.05, 4.69) is 4.85 Å². The number of halogens is 1. The van der Waals surface area contributed by atoms with E-state index in [9.17, 15) is 9.59 Å². The van der Waals surface area contributed by atoms with Gasteiger partial charge in [0.1, 0.15) is 5.38 Å². The Bertz CT molecular complexity index is 409. The maximum Gasteiger partial charge on any atom is 0.303 e. The Morgan fingerprint density at radius 1 is 1.25 bits per heavy atom. The molecule has 7 nitrogen and oxygen atoms in total. The molecule has 5 atom stereocenters. The maximum absolute atomic E-state index is 11.2. The van der Waals surface area contributed by atoms with Gasteiger partial charge in [-0.1, -0.05) is 0 Å². The van der Waals surface area contributed by atoms with Gasteiger partial charge in [-0.2, -0.15) is 0 Å². The summed E-state index contributed by atoms with van der Waals surface area (Å²) in [6.07, 6.45) is -3.52. The quantitative estimate of drug-likeness (QED) is 0.433. The minimum atomic E-state index is -0.945. The summed E-state index contributed by atoms with van der Waals surface area (Å²) in [6.45, 7) is 9.28. The van der Waals surface area contributed by atoms with Crippen LogP contribution in [-0.2, 0) is 28.5 Å². The molecule has 1 saturated heterocycles. The molecule has 0 aromatic rings. The highest BCUT2D eigenvalue weighted by molar-refractivity contribution is 6.21. The predicted octanol–water partition coefficient (Wildman–Crippen LogP) is 0.748. The van der Waals surface area contributed by atoms with Gasteiger partial charge in [0.25, 0.3) is 0 Å². The van der Waals surface area contributed by atoms with Gasteiger partial charge in [-0.05, 0) is 0 Å². The number of esters is 2. The molecule has 1 heterocycles. The molecule has 0 radical (unpaired) electrons. The Morgan fingerprint density at radius 2 is 1.80 bits per heavy atom. The van der Waals surface area contributed by atoms with Gasteiger partial charge in [-0.25, -0.2) is 6.57 Å². The molecule has 0 spiro atoms. The zero-order valence-corrected chi connectivity index (χ0v) is 12.1. The monoisotopic (exact) mass is 305 g/mol. The number of hydrogen-bond donors (Lipinski definition) is 0. The summed E-state index contributed by atoms with van der Waals surface area (Å²) < 4.78 is 20.8. The molecular formula is C12H16ClNO6. The molecule has 8 heteroatoms. The van der Waals surface area contributed by atoms with Crippen LogP contribution in [0.1, 0.15) is 13.8 Å². The van der Waals surface area contributed by atoms with Gasteiger partial charge < -0.3 is 23.8 Å². The Kier molecular flexibility index (Phi) is 6.20. The molecular weight excluding hydrogens is 290 g/mol. The average Bonchev–Trinajstić information content (AvgIpc) is 2.36. The van der Waals surface area contributed by atoms with E-state index in [1.807, 2.05) is 0 Å². The van der Waals surface area contributed by atoms with E-state index in [-0.39, 0.29) is 6.54 Å². The van der Waals surface area contributed by atoms with Gasteiger partial charge in [0.05, 0.1) is 0 Å². The first-order valence-corrected chi connectivity index (χ1v) is 6.34. The summed E-state index contributed by atoms with van der Waals surface area (Å²) >= 11 is 6.14. The van der Waals surface area contributed by atoms with E-state index in [1.54, 1.807) is 0 Å². The smallest absolute Gasteiger partial charge is 0.303 e. The van der Waals surface area contributed by atoms with E-state index in [0.717, 1.165) is 0 Å². The summed E-state index contributed by atoms with van der Waals surface area (Å²) in [5, 5.41) is -0.852. The van der Waals surface area contributed by atoms with Crippen molar-refractivity contribution in [2.75, 3.05) is 13.7 Å². The SMILES string of the molecule is [C-]#[N+]C[C@H]1OC(OC)[C@@H](Cl)[C@@H](OC(C)=O)[C@@H]1OC(C)=O. The van der Waals surface area contributed by atoms with Crippen molar-refractivity contribution in [2.45, 2.75) is 43.8 Å². The molecule has 1 aliphatic heterocycles. The first-order chi connectivity index (χ1) is 9.40. The lowest BCUT2D eigenvalue weighted by molar-refractivity contribution is -0.246. The van der Waals surface area contributed by atoms with Gasteiger partial charge in [0.15, 0.2) is 24.6 Å². The topological polar surface area (TPSA) is 75.4 Å². The standard InChI is InChI=1S/C12H16ClNO6/c1-6(15)18-10-8(5-14-3)20-12(17-4)9(13)11(10)19-7(2)16/h8-12H,5H2,1-2,4H3/t8-,9+,10-,11-,12?/m1/s1. The number of methoxy groups -OCH3 is 1. The largest absolute Gasteiger partial charge is 0.457 e. The van der Waals surface area contributed by atoms with Crippen LogP contribution >= 0.6 is 11.6 Å². The lowest BCUT2D eigenvalue weighted by atomic mass is 10.00. The first-order valence-electron chi connectivity index (χ1n) is 5.90. The van der Waals surface area contributed by atoms with Gasteiger partial charge in [-0.15, -0.1) is 11.6 Å². The summed E-state index contributed by atoms with van der Waals surface area (Å²) in [5.74, 6) is -1.15. The molecule has 1 unspecified atom stereocenters. The molecule has 0 amide bonds. The third kappa shape index (κ3) is 4.07. The summed E-state index contributed by atoms with van der Waals surface area (Å²) in [6, 6.07) is 0. The highest BCUT2D eigenvalue weighted by Crippen LogP contribution is 2.30. The number of alkyl halides is 1. The van der Waals surface area contributed by atoms with Crippen LogP contribution in [0.3, 0.4) is 0 Å². The number of ether oxygens (including phenoxy) is 4. The molecule has 0 bridgehead atoms. The molecule has 0 aliphatic carbocycles. The van der Waals surface area contributed by atoms with E-state index in [1.165, 1.54) is 21.0 Å². The highest BCUT2D eigenvalue weighted by atomic mass is 35.5. The zero-order chi connectivity index (χ0) is 15.3. The Balaban J connectivity index is 3.02. The van der Waals surface area contributed by atoms with Crippen LogP contribution in [0.4, 0.5) is 0 Å². The van der Waals surface area contributed by atoms with Crippen molar-refractivity contribution in [1.82, 2.24) is 0 Å². The Morgan fingerprint density at radius 3 is 2.25 bits per heavy atom. The minimum Gasteiger partial charge on any atom is -0.457 e. The normalized spacial score (nSPS) is 33.0. The second-order valence-electron chi connectivity index (χ2n) is 4.21. The third-order valence-corrected chi connectivity index (χ3v) is 3.13. The molecule has 1 rings (SSSR count). The van der Waals surface area contributed by atoms with Crippen LogP contribution in [0, 0.1) is 6.57 Å². The molecule has 1 aliphatic rings. The molecule has 0 saturated carbocycles. The number of rotatable bonds is 4. The molecule has 0 aromatic heterocycles. The van der Waals surface area contributed by atoms with Gasteiger partial charge in [0, 0.05) is 21.0 Å². The third-order valence-electron chi connectivity index (χ3n) is 2.68. The Hall–Kier alpha value is -1.36. The van der Waals surface area contributed by atoms with Gasteiger partial charge in [-0.3, -0.25) is 9.59 Å². The fraction of sp³-hybridized carbons (Fsp3) is 0.750. The molecule has 0 aromatic carbocycles. The maximum atomic E-state index is 11.2.